The third-order valence-corrected chi connectivity index (χ3v) is 6.94. The number of para-hydroxylation sites is 1. The summed E-state index contributed by atoms with van der Waals surface area (Å²) in [6.07, 6.45) is 1.47. The van der Waals surface area contributed by atoms with Crippen LogP contribution in [-0.2, 0) is 36.8 Å². The van der Waals surface area contributed by atoms with Gasteiger partial charge in [0.05, 0.1) is 6.04 Å². The molecule has 4 amide bonds. The summed E-state index contributed by atoms with van der Waals surface area (Å²) in [4.78, 5) is 65.2. The molecule has 42 heavy (non-hydrogen) atoms. The molecule has 0 saturated heterocycles. The maximum atomic E-state index is 13.3. The van der Waals surface area contributed by atoms with E-state index >= 15 is 0 Å². The van der Waals surface area contributed by atoms with E-state index in [9.17, 15) is 34.2 Å². The molecular formula is C28H34N6O7S. The molecule has 0 bridgehead atoms. The van der Waals surface area contributed by atoms with Gasteiger partial charge in [-0.2, -0.15) is 12.6 Å². The lowest BCUT2D eigenvalue weighted by Crippen LogP contribution is -2.58. The Morgan fingerprint density at radius 1 is 0.857 bits per heavy atom. The Kier molecular flexibility index (Phi) is 11.3. The number of aliphatic carboxylic acids is 1. The Bertz CT molecular complexity index is 1430. The van der Waals surface area contributed by atoms with Gasteiger partial charge in [-0.3, -0.25) is 19.2 Å². The number of hydrogen-bond acceptors (Lipinski definition) is 8. The van der Waals surface area contributed by atoms with Gasteiger partial charge >= 0.3 is 5.97 Å². The molecule has 3 rings (SSSR count). The number of aromatic nitrogens is 1. The Morgan fingerprint density at radius 2 is 1.48 bits per heavy atom. The molecule has 224 valence electrons. The molecule has 0 saturated carbocycles. The summed E-state index contributed by atoms with van der Waals surface area (Å²) >= 11 is 4.16. The molecule has 10 N–H and O–H groups in total. The highest BCUT2D eigenvalue weighted by Gasteiger charge is 2.30. The first-order chi connectivity index (χ1) is 20.0. The van der Waals surface area contributed by atoms with E-state index in [1.807, 2.05) is 24.3 Å². The lowest BCUT2D eigenvalue weighted by atomic mass is 10.0. The van der Waals surface area contributed by atoms with Crippen molar-refractivity contribution in [1.29, 1.82) is 0 Å². The van der Waals surface area contributed by atoms with Gasteiger partial charge in [-0.1, -0.05) is 30.3 Å². The van der Waals surface area contributed by atoms with Gasteiger partial charge in [0, 0.05) is 42.1 Å². The number of rotatable bonds is 15. The summed E-state index contributed by atoms with van der Waals surface area (Å²) in [6.45, 7) is 0. The molecule has 2 aromatic carbocycles. The second-order valence-electron chi connectivity index (χ2n) is 9.75. The molecule has 3 aromatic rings. The first kappa shape index (κ1) is 32.0. The summed E-state index contributed by atoms with van der Waals surface area (Å²) in [5.41, 5.74) is 13.1. The minimum absolute atomic E-state index is 0.00434. The highest BCUT2D eigenvalue weighted by molar-refractivity contribution is 7.80. The first-order valence-corrected chi connectivity index (χ1v) is 13.7. The van der Waals surface area contributed by atoms with E-state index in [1.54, 1.807) is 18.3 Å². The lowest BCUT2D eigenvalue weighted by Gasteiger charge is -2.24. The zero-order chi connectivity index (χ0) is 30.8. The van der Waals surface area contributed by atoms with E-state index in [0.29, 0.717) is 11.1 Å². The van der Waals surface area contributed by atoms with E-state index in [2.05, 4.69) is 33.6 Å². The minimum atomic E-state index is -1.30. The van der Waals surface area contributed by atoms with Crippen molar-refractivity contribution in [3.05, 3.63) is 65.9 Å². The Balaban J connectivity index is 1.72. The number of primary amides is 1. The quantitative estimate of drug-likeness (QED) is 0.105. The Hall–Kier alpha value is -4.56. The van der Waals surface area contributed by atoms with Crippen LogP contribution >= 0.6 is 12.6 Å². The highest BCUT2D eigenvalue weighted by Crippen LogP contribution is 2.19. The molecule has 0 radical (unpaired) electrons. The van der Waals surface area contributed by atoms with Crippen LogP contribution < -0.4 is 27.4 Å². The normalized spacial score (nSPS) is 13.9. The van der Waals surface area contributed by atoms with Crippen molar-refractivity contribution in [1.82, 2.24) is 20.9 Å². The average Bonchev–Trinajstić information content (AvgIpc) is 3.37. The van der Waals surface area contributed by atoms with Crippen molar-refractivity contribution in [3.8, 4) is 5.75 Å². The van der Waals surface area contributed by atoms with Crippen LogP contribution in [0.3, 0.4) is 0 Å². The first-order valence-electron chi connectivity index (χ1n) is 13.1. The third kappa shape index (κ3) is 8.97. The molecule has 1 heterocycles. The second-order valence-corrected chi connectivity index (χ2v) is 10.1. The fourth-order valence-electron chi connectivity index (χ4n) is 4.24. The van der Waals surface area contributed by atoms with E-state index in [0.717, 1.165) is 10.9 Å². The topological polar surface area (TPSA) is 230 Å². The van der Waals surface area contributed by atoms with Crippen LogP contribution in [0.15, 0.2) is 54.7 Å². The predicted octanol–water partition coefficient (Wildman–Crippen LogP) is -0.280. The number of phenols is 1. The number of H-pyrrole nitrogens is 1. The molecule has 0 aliphatic carbocycles. The molecular weight excluding hydrogens is 564 g/mol. The number of hydrogen-bond donors (Lipinski definition) is 9. The summed E-state index contributed by atoms with van der Waals surface area (Å²) in [7, 11) is 0. The maximum absolute atomic E-state index is 13.3. The smallest absolute Gasteiger partial charge is 0.326 e. The number of phenolic OH excluding ortho intramolecular Hbond substituents is 1. The number of fused-ring (bicyclic) bond motifs is 1. The van der Waals surface area contributed by atoms with Gasteiger partial charge in [0.25, 0.3) is 0 Å². The van der Waals surface area contributed by atoms with Gasteiger partial charge < -0.3 is 42.6 Å². The number of aromatic amines is 1. The standard InChI is InChI=1S/C28H34N6O7S/c29-19(9-10-24(30)36)25(37)32-21(11-15-5-7-17(35)8-6-15)26(38)34-23(14-42)27(39)33-22(28(40)41)12-16-13-31-20-4-2-1-3-18(16)20/h1-8,13,19,21-23,31,35,42H,9-12,14,29H2,(H2,30,36)(H,32,37)(H,33,39)(H,34,38)(H,40,41). The van der Waals surface area contributed by atoms with Crippen molar-refractivity contribution < 1.29 is 34.2 Å². The van der Waals surface area contributed by atoms with Gasteiger partial charge in [0.1, 0.15) is 23.9 Å². The number of nitrogens with two attached hydrogens (primary N) is 2. The molecule has 14 heteroatoms. The monoisotopic (exact) mass is 598 g/mol. The van der Waals surface area contributed by atoms with Crippen molar-refractivity contribution in [2.75, 3.05) is 5.75 Å². The average molecular weight is 599 g/mol. The molecule has 0 fully saturated rings. The van der Waals surface area contributed by atoms with E-state index in [4.69, 9.17) is 11.5 Å². The molecule has 1 aromatic heterocycles. The van der Waals surface area contributed by atoms with Crippen LogP contribution in [-0.4, -0.2) is 74.7 Å². The fourth-order valence-corrected chi connectivity index (χ4v) is 4.50. The number of thiol groups is 1. The molecule has 4 unspecified atom stereocenters. The molecule has 13 nitrogen and oxygen atoms in total. The van der Waals surface area contributed by atoms with Crippen LogP contribution in [0.1, 0.15) is 24.0 Å². The van der Waals surface area contributed by atoms with Gasteiger partial charge in [-0.25, -0.2) is 4.79 Å². The van der Waals surface area contributed by atoms with Crippen LogP contribution in [0.25, 0.3) is 10.9 Å². The molecule has 0 aliphatic rings. The number of carbonyl (C=O) groups excluding carboxylic acids is 4. The van der Waals surface area contributed by atoms with Crippen LogP contribution in [0.5, 0.6) is 5.75 Å². The number of aromatic hydroxyl groups is 1. The van der Waals surface area contributed by atoms with Gasteiger partial charge in [0.2, 0.25) is 23.6 Å². The van der Waals surface area contributed by atoms with Gasteiger partial charge in [-0.05, 0) is 35.7 Å². The largest absolute Gasteiger partial charge is 0.508 e. The Morgan fingerprint density at radius 3 is 2.12 bits per heavy atom. The molecule has 4 atom stereocenters. The minimum Gasteiger partial charge on any atom is -0.508 e. The predicted molar refractivity (Wildman–Crippen MR) is 157 cm³/mol. The van der Waals surface area contributed by atoms with Crippen molar-refractivity contribution in [2.45, 2.75) is 49.9 Å². The van der Waals surface area contributed by atoms with Gasteiger partial charge in [-0.15, -0.1) is 0 Å². The number of carboxylic acid groups (broad SMARTS) is 1. The van der Waals surface area contributed by atoms with Crippen molar-refractivity contribution in [2.24, 2.45) is 11.5 Å². The second kappa shape index (κ2) is 14.9. The van der Waals surface area contributed by atoms with Gasteiger partial charge in [0.15, 0.2) is 0 Å². The number of carbonyl (C=O) groups is 5. The number of benzene rings is 2. The lowest BCUT2D eigenvalue weighted by molar-refractivity contribution is -0.142. The van der Waals surface area contributed by atoms with Crippen LogP contribution in [0.2, 0.25) is 0 Å². The zero-order valence-electron chi connectivity index (χ0n) is 22.6. The zero-order valence-corrected chi connectivity index (χ0v) is 23.5. The van der Waals surface area contributed by atoms with E-state index in [1.165, 1.54) is 12.1 Å². The molecule has 0 spiro atoms. The third-order valence-electron chi connectivity index (χ3n) is 6.58. The fraction of sp³-hybridized carbons (Fsp3) is 0.321. The summed E-state index contributed by atoms with van der Waals surface area (Å²) in [5.74, 6) is -4.32. The van der Waals surface area contributed by atoms with Crippen LogP contribution in [0.4, 0.5) is 0 Å². The maximum Gasteiger partial charge on any atom is 0.326 e. The van der Waals surface area contributed by atoms with Crippen molar-refractivity contribution in [3.63, 3.8) is 0 Å². The Labute approximate surface area is 246 Å². The summed E-state index contributed by atoms with van der Waals surface area (Å²) in [5, 5.41) is 27.7. The highest BCUT2D eigenvalue weighted by atomic mass is 32.1. The van der Waals surface area contributed by atoms with E-state index in [-0.39, 0.29) is 37.2 Å². The summed E-state index contributed by atoms with van der Waals surface area (Å²) < 4.78 is 0. The van der Waals surface area contributed by atoms with Crippen LogP contribution in [0, 0.1) is 0 Å². The molecule has 0 aliphatic heterocycles. The van der Waals surface area contributed by atoms with Crippen molar-refractivity contribution >= 4 is 53.1 Å². The number of nitrogens with one attached hydrogen (secondary N) is 4. The summed E-state index contributed by atoms with van der Waals surface area (Å²) in [6, 6.07) is 8.39. The van der Waals surface area contributed by atoms with E-state index < -0.39 is 53.8 Å². The number of carboxylic acids is 1. The SMILES string of the molecule is NC(=O)CCC(N)C(=O)NC(Cc1ccc(O)cc1)C(=O)NC(CS)C(=O)NC(Cc1c[nH]c2ccccc12)C(=O)O. The number of amides is 4.